The topological polar surface area (TPSA) is 42.1 Å². The van der Waals surface area contributed by atoms with Crippen LogP contribution in [0, 0.1) is 0 Å². The van der Waals surface area contributed by atoms with Crippen molar-refractivity contribution in [2.24, 2.45) is 5.73 Å². The van der Waals surface area contributed by atoms with Crippen LogP contribution in [0.4, 0.5) is 13.2 Å². The zero-order chi connectivity index (χ0) is 12.2. The summed E-state index contributed by atoms with van der Waals surface area (Å²) in [6.45, 7) is -0.840. The third kappa shape index (κ3) is 3.79. The molecular weight excluding hydrogens is 219 g/mol. The SMILES string of the molecule is CN(CC(F)(F)F)C(CN)c1ccncc1. The largest absolute Gasteiger partial charge is 0.401 e. The number of hydrogen-bond acceptors (Lipinski definition) is 3. The molecule has 0 radical (unpaired) electrons. The fourth-order valence-electron chi connectivity index (χ4n) is 1.55. The summed E-state index contributed by atoms with van der Waals surface area (Å²) >= 11 is 0. The number of nitrogens with zero attached hydrogens (tertiary/aromatic N) is 2. The van der Waals surface area contributed by atoms with Crippen molar-refractivity contribution in [3.63, 3.8) is 0 Å². The molecule has 0 spiro atoms. The van der Waals surface area contributed by atoms with Gasteiger partial charge in [-0.25, -0.2) is 0 Å². The van der Waals surface area contributed by atoms with Crippen LogP contribution in [0.1, 0.15) is 11.6 Å². The Morgan fingerprint density at radius 3 is 2.38 bits per heavy atom. The van der Waals surface area contributed by atoms with Gasteiger partial charge in [-0.15, -0.1) is 0 Å². The molecule has 1 heterocycles. The van der Waals surface area contributed by atoms with Gasteiger partial charge in [-0.2, -0.15) is 13.2 Å². The van der Waals surface area contributed by atoms with Crippen LogP contribution in [0.3, 0.4) is 0 Å². The van der Waals surface area contributed by atoms with Gasteiger partial charge in [0.15, 0.2) is 0 Å². The zero-order valence-corrected chi connectivity index (χ0v) is 8.91. The van der Waals surface area contributed by atoms with Crippen molar-refractivity contribution >= 4 is 0 Å². The molecule has 16 heavy (non-hydrogen) atoms. The van der Waals surface area contributed by atoms with Crippen molar-refractivity contribution in [2.45, 2.75) is 12.2 Å². The van der Waals surface area contributed by atoms with E-state index < -0.39 is 18.8 Å². The highest BCUT2D eigenvalue weighted by Gasteiger charge is 2.31. The van der Waals surface area contributed by atoms with Crippen LogP contribution in [0.15, 0.2) is 24.5 Å². The molecule has 1 aromatic heterocycles. The Bertz CT molecular complexity index is 313. The molecule has 3 nitrogen and oxygen atoms in total. The molecule has 0 fully saturated rings. The maximum absolute atomic E-state index is 12.2. The lowest BCUT2D eigenvalue weighted by atomic mass is 10.1. The highest BCUT2D eigenvalue weighted by molar-refractivity contribution is 5.15. The van der Waals surface area contributed by atoms with Crippen LogP contribution >= 0.6 is 0 Å². The molecule has 6 heteroatoms. The van der Waals surface area contributed by atoms with E-state index in [1.54, 1.807) is 24.5 Å². The van der Waals surface area contributed by atoms with Crippen LogP contribution in [-0.2, 0) is 0 Å². The highest BCUT2D eigenvalue weighted by Crippen LogP contribution is 2.23. The number of alkyl halides is 3. The van der Waals surface area contributed by atoms with Gasteiger partial charge in [0.1, 0.15) is 0 Å². The third-order valence-corrected chi connectivity index (χ3v) is 2.27. The lowest BCUT2D eigenvalue weighted by Crippen LogP contribution is -2.37. The lowest BCUT2D eigenvalue weighted by Gasteiger charge is -2.27. The second kappa shape index (κ2) is 5.27. The number of likely N-dealkylation sites (N-methyl/N-ethyl adjacent to an activating group) is 1. The first kappa shape index (κ1) is 12.9. The summed E-state index contributed by atoms with van der Waals surface area (Å²) < 4.78 is 36.7. The molecule has 0 saturated carbocycles. The summed E-state index contributed by atoms with van der Waals surface area (Å²) in [6.07, 6.45) is -1.13. The normalized spacial score (nSPS) is 14.1. The molecule has 1 atom stereocenters. The van der Waals surface area contributed by atoms with Gasteiger partial charge in [0.2, 0.25) is 0 Å². The molecule has 1 rings (SSSR count). The summed E-state index contributed by atoms with van der Waals surface area (Å²) in [4.78, 5) is 5.00. The van der Waals surface area contributed by atoms with Gasteiger partial charge in [-0.3, -0.25) is 9.88 Å². The number of nitrogens with two attached hydrogens (primary N) is 1. The Balaban J connectivity index is 2.75. The van der Waals surface area contributed by atoms with Crippen LogP contribution < -0.4 is 5.73 Å². The molecule has 0 aromatic carbocycles. The molecule has 0 aliphatic heterocycles. The number of pyridine rings is 1. The number of halogens is 3. The van der Waals surface area contributed by atoms with Crippen molar-refractivity contribution in [3.8, 4) is 0 Å². The Kier molecular flexibility index (Phi) is 4.26. The van der Waals surface area contributed by atoms with Crippen LogP contribution in [0.5, 0.6) is 0 Å². The minimum atomic E-state index is -4.21. The predicted molar refractivity (Wildman–Crippen MR) is 54.7 cm³/mol. The smallest absolute Gasteiger partial charge is 0.329 e. The van der Waals surface area contributed by atoms with E-state index in [1.165, 1.54) is 11.9 Å². The molecule has 2 N–H and O–H groups in total. The Morgan fingerprint density at radius 1 is 1.38 bits per heavy atom. The molecule has 1 aromatic rings. The summed E-state index contributed by atoms with van der Waals surface area (Å²) in [6, 6.07) is 2.90. The third-order valence-electron chi connectivity index (χ3n) is 2.27. The van der Waals surface area contributed by atoms with Crippen LogP contribution in [-0.4, -0.2) is 36.2 Å². The number of aromatic nitrogens is 1. The van der Waals surface area contributed by atoms with E-state index in [2.05, 4.69) is 4.98 Å². The molecule has 0 amide bonds. The molecule has 0 saturated heterocycles. The van der Waals surface area contributed by atoms with Crippen molar-refractivity contribution in [2.75, 3.05) is 20.1 Å². The molecule has 1 unspecified atom stereocenters. The predicted octanol–water partition coefficient (Wildman–Crippen LogP) is 1.58. The first-order chi connectivity index (χ1) is 7.44. The van der Waals surface area contributed by atoms with E-state index in [0.29, 0.717) is 0 Å². The maximum Gasteiger partial charge on any atom is 0.401 e. The van der Waals surface area contributed by atoms with Crippen LogP contribution in [0.25, 0.3) is 0 Å². The Hall–Kier alpha value is -1.14. The van der Waals surface area contributed by atoms with Gasteiger partial charge in [-0.1, -0.05) is 0 Å². The molecule has 0 aliphatic carbocycles. The standard InChI is InChI=1S/C10H14F3N3/c1-16(7-10(11,12)13)9(6-14)8-2-4-15-5-3-8/h2-5,9H,6-7,14H2,1H3. The van der Waals surface area contributed by atoms with Gasteiger partial charge in [-0.05, 0) is 24.7 Å². The molecule has 0 aliphatic rings. The van der Waals surface area contributed by atoms with Crippen molar-refractivity contribution in [3.05, 3.63) is 30.1 Å². The van der Waals surface area contributed by atoms with Gasteiger partial charge >= 0.3 is 6.18 Å². The van der Waals surface area contributed by atoms with E-state index in [4.69, 9.17) is 5.73 Å². The maximum atomic E-state index is 12.2. The fraction of sp³-hybridized carbons (Fsp3) is 0.500. The second-order valence-corrected chi connectivity index (χ2v) is 3.56. The minimum absolute atomic E-state index is 0.136. The summed E-state index contributed by atoms with van der Waals surface area (Å²) in [5.74, 6) is 0. The van der Waals surface area contributed by atoms with Gasteiger partial charge in [0.05, 0.1) is 6.54 Å². The quantitative estimate of drug-likeness (QED) is 0.858. The van der Waals surface area contributed by atoms with Gasteiger partial charge in [0.25, 0.3) is 0 Å². The zero-order valence-electron chi connectivity index (χ0n) is 8.91. The molecular formula is C10H14F3N3. The van der Waals surface area contributed by atoms with E-state index in [0.717, 1.165) is 5.56 Å². The van der Waals surface area contributed by atoms with E-state index in [-0.39, 0.29) is 6.54 Å². The highest BCUT2D eigenvalue weighted by atomic mass is 19.4. The van der Waals surface area contributed by atoms with Gasteiger partial charge in [0, 0.05) is 25.0 Å². The van der Waals surface area contributed by atoms with E-state index >= 15 is 0 Å². The Morgan fingerprint density at radius 2 is 1.94 bits per heavy atom. The average molecular weight is 233 g/mol. The van der Waals surface area contributed by atoms with Crippen molar-refractivity contribution < 1.29 is 13.2 Å². The molecule has 90 valence electrons. The number of hydrogen-bond donors (Lipinski definition) is 1. The summed E-state index contributed by atoms with van der Waals surface area (Å²) in [5, 5.41) is 0. The average Bonchev–Trinajstić information content (AvgIpc) is 2.17. The van der Waals surface area contributed by atoms with E-state index in [9.17, 15) is 13.2 Å². The first-order valence-corrected chi connectivity index (χ1v) is 4.81. The molecule has 0 bridgehead atoms. The van der Waals surface area contributed by atoms with Gasteiger partial charge < -0.3 is 5.73 Å². The monoisotopic (exact) mass is 233 g/mol. The second-order valence-electron chi connectivity index (χ2n) is 3.56. The fourth-order valence-corrected chi connectivity index (χ4v) is 1.55. The van der Waals surface area contributed by atoms with Crippen molar-refractivity contribution in [1.29, 1.82) is 0 Å². The minimum Gasteiger partial charge on any atom is -0.329 e. The van der Waals surface area contributed by atoms with Crippen LogP contribution in [0.2, 0.25) is 0 Å². The Labute approximate surface area is 92.1 Å². The first-order valence-electron chi connectivity index (χ1n) is 4.81. The summed E-state index contributed by atoms with van der Waals surface area (Å²) in [7, 11) is 1.41. The van der Waals surface area contributed by atoms with Crippen molar-refractivity contribution in [1.82, 2.24) is 9.88 Å². The number of rotatable bonds is 4. The van der Waals surface area contributed by atoms with E-state index in [1.807, 2.05) is 0 Å². The lowest BCUT2D eigenvalue weighted by molar-refractivity contribution is -0.147. The summed E-state index contributed by atoms with van der Waals surface area (Å²) in [5.41, 5.74) is 6.24.